The first-order valence-electron chi connectivity index (χ1n) is 17.3. The molecule has 0 radical (unpaired) electrons. The van der Waals surface area contributed by atoms with Gasteiger partial charge in [-0.25, -0.2) is 13.2 Å². The lowest BCUT2D eigenvalue weighted by molar-refractivity contribution is -0.110. The van der Waals surface area contributed by atoms with E-state index in [0.29, 0.717) is 23.4 Å². The molecule has 3 heterocycles. The van der Waals surface area contributed by atoms with Gasteiger partial charge in [0.2, 0.25) is 10.0 Å². The summed E-state index contributed by atoms with van der Waals surface area (Å²) >= 11 is 0. The Balaban J connectivity index is 1.38. The number of rotatable bonds is 16. The number of fused-ring (bicyclic) bond motifs is 2. The Morgan fingerprint density at radius 3 is 2.53 bits per heavy atom. The average Bonchev–Trinajstić information content (AvgIpc) is 3.76. The predicted molar refractivity (Wildman–Crippen MR) is 186 cm³/mol. The minimum Gasteiger partial charge on any atom is -0.443 e. The summed E-state index contributed by atoms with van der Waals surface area (Å²) in [5.74, 6) is -0.399. The second-order valence-corrected chi connectivity index (χ2v) is 15.4. The number of carbonyl (C=O) groups is 2. The van der Waals surface area contributed by atoms with Crippen molar-refractivity contribution in [2.24, 2.45) is 11.8 Å². The van der Waals surface area contributed by atoms with E-state index in [0.717, 1.165) is 37.9 Å². The van der Waals surface area contributed by atoms with Gasteiger partial charge in [0.05, 0.1) is 41.7 Å². The highest BCUT2D eigenvalue weighted by Gasteiger charge is 2.44. The van der Waals surface area contributed by atoms with Gasteiger partial charge in [-0.1, -0.05) is 58.0 Å². The van der Waals surface area contributed by atoms with Crippen LogP contribution in [0.2, 0.25) is 0 Å². The van der Waals surface area contributed by atoms with Gasteiger partial charge in [-0.3, -0.25) is 4.79 Å². The Hall–Kier alpha value is -3.49. The van der Waals surface area contributed by atoms with Crippen molar-refractivity contribution in [3.8, 4) is 0 Å². The van der Waals surface area contributed by atoms with Gasteiger partial charge in [-0.15, -0.1) is 0 Å². The van der Waals surface area contributed by atoms with Crippen LogP contribution in [0.25, 0.3) is 5.57 Å². The molecule has 2 aromatic rings. The smallest absolute Gasteiger partial charge is 0.407 e. The van der Waals surface area contributed by atoms with Gasteiger partial charge in [-0.2, -0.15) is 4.31 Å². The first kappa shape index (κ1) is 36.8. The van der Waals surface area contributed by atoms with Gasteiger partial charge < -0.3 is 34.9 Å². The van der Waals surface area contributed by atoms with Crippen LogP contribution in [0, 0.1) is 11.8 Å². The summed E-state index contributed by atoms with van der Waals surface area (Å²) in [6.45, 7) is 10.1. The van der Waals surface area contributed by atoms with Crippen LogP contribution in [0.1, 0.15) is 58.1 Å². The van der Waals surface area contributed by atoms with E-state index in [1.54, 1.807) is 6.07 Å². The highest BCUT2D eigenvalue weighted by atomic mass is 32.2. The van der Waals surface area contributed by atoms with Crippen LogP contribution in [-0.4, -0.2) is 98.7 Å². The van der Waals surface area contributed by atoms with Gasteiger partial charge in [-0.05, 0) is 55.4 Å². The molecule has 2 saturated heterocycles. The Bertz CT molecular complexity index is 1580. The lowest BCUT2D eigenvalue weighted by atomic mass is 10.0. The standard InChI is InChI=1S/C36H50N4O8S/c1-5-15-39(16-6-2)21-29-28-19-26(12-13-30(28)37-34(29)42)49(44,45)40(20-24(3)4)22-32(41)31(18-25-10-8-7-9-11-25)38-36(43)48-33-23-47-35-27(33)14-17-46-35/h7-13,19,21,24,27,31-33,35,41H,5-6,14-18,20,22-23H2,1-4H3,(H,37,42)(H,38,43). The summed E-state index contributed by atoms with van der Waals surface area (Å²) in [5.41, 5.74) is 2.34. The number of amides is 2. The van der Waals surface area contributed by atoms with Crippen LogP contribution >= 0.6 is 0 Å². The quantitative estimate of drug-likeness (QED) is 0.220. The summed E-state index contributed by atoms with van der Waals surface area (Å²) in [7, 11) is -4.15. The maximum atomic E-state index is 14.3. The van der Waals surface area contributed by atoms with Crippen molar-refractivity contribution in [3.63, 3.8) is 0 Å². The van der Waals surface area contributed by atoms with Gasteiger partial charge in [0.15, 0.2) is 6.29 Å². The van der Waals surface area contributed by atoms with Crippen molar-refractivity contribution < 1.29 is 37.3 Å². The van der Waals surface area contributed by atoms with Crippen molar-refractivity contribution in [1.82, 2.24) is 14.5 Å². The lowest BCUT2D eigenvalue weighted by Crippen LogP contribution is -2.51. The first-order valence-corrected chi connectivity index (χ1v) is 18.8. The first-order chi connectivity index (χ1) is 23.5. The maximum Gasteiger partial charge on any atom is 0.407 e. The number of ether oxygens (including phenoxy) is 3. The molecule has 13 heteroatoms. The molecule has 2 aromatic carbocycles. The largest absolute Gasteiger partial charge is 0.443 e. The normalized spacial score (nSPS) is 22.2. The molecule has 0 bridgehead atoms. The Morgan fingerprint density at radius 2 is 1.84 bits per heavy atom. The molecule has 2 fully saturated rings. The van der Waals surface area contributed by atoms with Crippen molar-refractivity contribution >= 4 is 33.3 Å². The van der Waals surface area contributed by atoms with E-state index >= 15 is 0 Å². The summed E-state index contributed by atoms with van der Waals surface area (Å²) in [5, 5.41) is 17.3. The number of hydrogen-bond donors (Lipinski definition) is 3. The fourth-order valence-corrected chi connectivity index (χ4v) is 8.29. The zero-order valence-corrected chi connectivity index (χ0v) is 29.7. The zero-order chi connectivity index (χ0) is 35.1. The molecule has 0 aromatic heterocycles. The molecule has 5 unspecified atom stereocenters. The van der Waals surface area contributed by atoms with Gasteiger partial charge in [0, 0.05) is 43.6 Å². The van der Waals surface area contributed by atoms with Crippen LogP contribution in [0.4, 0.5) is 10.5 Å². The number of nitrogens with one attached hydrogen (secondary N) is 2. The topological polar surface area (TPSA) is 147 Å². The van der Waals surface area contributed by atoms with Crippen LogP contribution < -0.4 is 10.6 Å². The SMILES string of the molecule is CCCN(C=C1C(=O)Nc2ccc(S(=O)(=O)N(CC(C)C)CC(O)C(Cc3ccccc3)NC(=O)OC3COC4OCCC34)cc21)CCC. The summed E-state index contributed by atoms with van der Waals surface area (Å²) in [4.78, 5) is 28.3. The minimum absolute atomic E-state index is 0.0144. The summed E-state index contributed by atoms with van der Waals surface area (Å²) < 4.78 is 46.7. The van der Waals surface area contributed by atoms with Crippen LogP contribution in [0.5, 0.6) is 0 Å². The third-order valence-electron chi connectivity index (χ3n) is 9.01. The number of nitrogens with zero attached hydrogens (tertiary/aromatic N) is 2. The van der Waals surface area contributed by atoms with E-state index in [4.69, 9.17) is 14.2 Å². The zero-order valence-electron chi connectivity index (χ0n) is 28.8. The third kappa shape index (κ3) is 9.01. The molecule has 5 atom stereocenters. The highest BCUT2D eigenvalue weighted by molar-refractivity contribution is 7.89. The van der Waals surface area contributed by atoms with Gasteiger partial charge >= 0.3 is 6.09 Å². The molecule has 49 heavy (non-hydrogen) atoms. The second-order valence-electron chi connectivity index (χ2n) is 13.4. The van der Waals surface area contributed by atoms with Crippen LogP contribution in [-0.2, 0) is 35.4 Å². The monoisotopic (exact) mass is 698 g/mol. The van der Waals surface area contributed by atoms with E-state index in [1.165, 1.54) is 16.4 Å². The molecule has 3 aliphatic rings. The maximum absolute atomic E-state index is 14.3. The van der Waals surface area contributed by atoms with Crippen molar-refractivity contribution in [1.29, 1.82) is 0 Å². The van der Waals surface area contributed by atoms with E-state index in [-0.39, 0.29) is 55.0 Å². The fourth-order valence-electron chi connectivity index (χ4n) is 6.64. The molecule has 12 nitrogen and oxygen atoms in total. The molecule has 3 N–H and O–H groups in total. The van der Waals surface area contributed by atoms with Gasteiger partial charge in [0.1, 0.15) is 6.10 Å². The van der Waals surface area contributed by atoms with Crippen molar-refractivity contribution in [3.05, 3.63) is 65.9 Å². The Kier molecular flexibility index (Phi) is 12.4. The van der Waals surface area contributed by atoms with E-state index in [2.05, 4.69) is 29.4 Å². The molecule has 268 valence electrons. The van der Waals surface area contributed by atoms with E-state index in [1.807, 2.05) is 50.4 Å². The molecule has 0 saturated carbocycles. The average molecular weight is 699 g/mol. The Labute approximate surface area is 289 Å². The number of aliphatic hydroxyl groups excluding tert-OH is 1. The lowest BCUT2D eigenvalue weighted by Gasteiger charge is -2.31. The Morgan fingerprint density at radius 1 is 1.10 bits per heavy atom. The number of hydrogen-bond acceptors (Lipinski definition) is 9. The van der Waals surface area contributed by atoms with Crippen LogP contribution in [0.3, 0.4) is 0 Å². The summed E-state index contributed by atoms with van der Waals surface area (Å²) in [6, 6.07) is 13.1. The van der Waals surface area contributed by atoms with Crippen molar-refractivity contribution in [2.45, 2.75) is 82.8 Å². The minimum atomic E-state index is -4.15. The fraction of sp³-hybridized carbons (Fsp3) is 0.556. The molecule has 0 aliphatic carbocycles. The predicted octanol–water partition coefficient (Wildman–Crippen LogP) is 4.21. The highest BCUT2D eigenvalue weighted by Crippen LogP contribution is 2.35. The molecule has 3 aliphatic heterocycles. The number of benzene rings is 2. The van der Waals surface area contributed by atoms with E-state index in [9.17, 15) is 23.1 Å². The third-order valence-corrected chi connectivity index (χ3v) is 10.8. The van der Waals surface area contributed by atoms with Gasteiger partial charge in [0.25, 0.3) is 5.91 Å². The molecule has 2 amide bonds. The molecule has 0 spiro atoms. The number of sulfonamides is 1. The number of carbonyl (C=O) groups excluding carboxylic acids is 2. The number of alkyl carbamates (subject to hydrolysis) is 1. The van der Waals surface area contributed by atoms with Crippen LogP contribution in [0.15, 0.2) is 59.6 Å². The van der Waals surface area contributed by atoms with E-state index < -0.39 is 34.4 Å². The molecule has 5 rings (SSSR count). The summed E-state index contributed by atoms with van der Waals surface area (Å²) in [6.07, 6.45) is 1.74. The molecular weight excluding hydrogens is 648 g/mol. The molecular formula is C36H50N4O8S. The van der Waals surface area contributed by atoms with Crippen molar-refractivity contribution in [2.75, 3.05) is 44.7 Å². The second kappa shape index (κ2) is 16.5. The number of anilines is 1. The number of aliphatic hydroxyl groups is 1.